The normalized spacial score (nSPS) is 11.0. The molecular weight excluding hydrogens is 262 g/mol. The number of benzene rings is 1. The Morgan fingerprint density at radius 3 is 2.29 bits per heavy atom. The van der Waals surface area contributed by atoms with Gasteiger partial charge in [0.05, 0.1) is 0 Å². The van der Waals surface area contributed by atoms with Crippen LogP contribution in [0.5, 0.6) is 11.6 Å². The van der Waals surface area contributed by atoms with Crippen molar-refractivity contribution in [3.05, 3.63) is 42.2 Å². The number of hydrogen-bond acceptors (Lipinski definition) is 4. The molecule has 2 rings (SSSR count). The summed E-state index contributed by atoms with van der Waals surface area (Å²) in [5.74, 6) is 2.28. The Bertz CT molecular complexity index is 588. The van der Waals surface area contributed by atoms with Crippen LogP contribution in [0, 0.1) is 6.92 Å². The fourth-order valence-corrected chi connectivity index (χ4v) is 2.44. The van der Waals surface area contributed by atoms with Crippen molar-refractivity contribution < 1.29 is 4.74 Å². The number of nitrogens with zero attached hydrogens (tertiary/aromatic N) is 3. The van der Waals surface area contributed by atoms with Crippen LogP contribution in [0.3, 0.4) is 0 Å². The minimum Gasteiger partial charge on any atom is -0.439 e. The molecule has 0 atom stereocenters. The van der Waals surface area contributed by atoms with Crippen LogP contribution >= 0.6 is 0 Å². The molecule has 1 aromatic heterocycles. The molecule has 0 saturated heterocycles. The third-order valence-corrected chi connectivity index (χ3v) is 3.31. The van der Waals surface area contributed by atoms with E-state index in [1.165, 1.54) is 0 Å². The van der Waals surface area contributed by atoms with E-state index in [1.807, 2.05) is 37.3 Å². The average Bonchev–Trinajstić information content (AvgIpc) is 2.41. The summed E-state index contributed by atoms with van der Waals surface area (Å²) in [7, 11) is 0. The van der Waals surface area contributed by atoms with Crippen LogP contribution in [-0.2, 0) is 0 Å². The third kappa shape index (κ3) is 3.72. The van der Waals surface area contributed by atoms with Gasteiger partial charge in [0.1, 0.15) is 17.9 Å². The van der Waals surface area contributed by atoms with E-state index in [4.69, 9.17) is 4.74 Å². The zero-order chi connectivity index (χ0) is 15.4. The molecule has 0 spiro atoms. The van der Waals surface area contributed by atoms with E-state index in [9.17, 15) is 0 Å². The first-order valence-corrected chi connectivity index (χ1v) is 7.33. The van der Waals surface area contributed by atoms with E-state index in [0.29, 0.717) is 18.0 Å². The average molecular weight is 285 g/mol. The Labute approximate surface area is 126 Å². The Morgan fingerprint density at radius 2 is 1.67 bits per heavy atom. The maximum absolute atomic E-state index is 5.88. The fourth-order valence-electron chi connectivity index (χ4n) is 2.44. The van der Waals surface area contributed by atoms with Gasteiger partial charge >= 0.3 is 0 Å². The van der Waals surface area contributed by atoms with Gasteiger partial charge in [0.2, 0.25) is 5.88 Å². The minimum absolute atomic E-state index is 0.367. The molecule has 0 amide bonds. The van der Waals surface area contributed by atoms with Crippen LogP contribution in [0.15, 0.2) is 36.7 Å². The van der Waals surface area contributed by atoms with Gasteiger partial charge in [0.25, 0.3) is 0 Å². The molecule has 0 unspecified atom stereocenters. The summed E-state index contributed by atoms with van der Waals surface area (Å²) in [6, 6.07) is 10.5. The molecule has 1 heterocycles. The highest BCUT2D eigenvalue weighted by Gasteiger charge is 2.16. The number of rotatable bonds is 5. The SMILES string of the molecule is Cc1ccccc1Oc1cc(N(C(C)C)C(C)C)ncn1. The number of aryl methyl sites for hydroxylation is 1. The van der Waals surface area contributed by atoms with Crippen molar-refractivity contribution >= 4 is 5.82 Å². The molecule has 4 heteroatoms. The van der Waals surface area contributed by atoms with Crippen molar-refractivity contribution in [1.29, 1.82) is 0 Å². The summed E-state index contributed by atoms with van der Waals surface area (Å²) in [4.78, 5) is 10.8. The van der Waals surface area contributed by atoms with E-state index in [0.717, 1.165) is 17.1 Å². The molecule has 0 aliphatic carbocycles. The van der Waals surface area contributed by atoms with Gasteiger partial charge < -0.3 is 9.64 Å². The molecule has 112 valence electrons. The maximum Gasteiger partial charge on any atom is 0.224 e. The van der Waals surface area contributed by atoms with Gasteiger partial charge in [0.15, 0.2) is 0 Å². The zero-order valence-electron chi connectivity index (χ0n) is 13.4. The summed E-state index contributed by atoms with van der Waals surface area (Å²) >= 11 is 0. The second kappa shape index (κ2) is 6.57. The lowest BCUT2D eigenvalue weighted by atomic mass is 10.2. The summed E-state index contributed by atoms with van der Waals surface area (Å²) in [6.45, 7) is 10.6. The lowest BCUT2D eigenvalue weighted by molar-refractivity contribution is 0.457. The lowest BCUT2D eigenvalue weighted by Crippen LogP contribution is -2.37. The molecular formula is C17H23N3O. The van der Waals surface area contributed by atoms with Gasteiger partial charge in [-0.15, -0.1) is 0 Å². The first-order valence-electron chi connectivity index (χ1n) is 7.33. The Kier molecular flexibility index (Phi) is 4.78. The lowest BCUT2D eigenvalue weighted by Gasteiger charge is -2.31. The molecule has 2 aromatic rings. The predicted octanol–water partition coefficient (Wildman–Crippen LogP) is 4.20. The van der Waals surface area contributed by atoms with Gasteiger partial charge in [-0.25, -0.2) is 9.97 Å². The highest BCUT2D eigenvalue weighted by atomic mass is 16.5. The van der Waals surface area contributed by atoms with E-state index < -0.39 is 0 Å². The monoisotopic (exact) mass is 285 g/mol. The Morgan fingerprint density at radius 1 is 1.00 bits per heavy atom. The molecule has 1 aromatic carbocycles. The largest absolute Gasteiger partial charge is 0.439 e. The zero-order valence-corrected chi connectivity index (χ0v) is 13.4. The van der Waals surface area contributed by atoms with Crippen molar-refractivity contribution in [2.75, 3.05) is 4.90 Å². The molecule has 0 bridgehead atoms. The van der Waals surface area contributed by atoms with Crippen LogP contribution in [0.4, 0.5) is 5.82 Å². The summed E-state index contributed by atoms with van der Waals surface area (Å²) in [5.41, 5.74) is 1.09. The van der Waals surface area contributed by atoms with Crippen LogP contribution in [-0.4, -0.2) is 22.1 Å². The number of para-hydroxylation sites is 1. The highest BCUT2D eigenvalue weighted by Crippen LogP contribution is 2.26. The molecule has 0 saturated carbocycles. The molecule has 21 heavy (non-hydrogen) atoms. The van der Waals surface area contributed by atoms with E-state index in [1.54, 1.807) is 6.33 Å². The fraction of sp³-hybridized carbons (Fsp3) is 0.412. The standard InChI is InChI=1S/C17H23N3O/c1-12(2)20(13(3)4)16-10-17(19-11-18-16)21-15-9-7-6-8-14(15)5/h6-13H,1-5H3. The van der Waals surface area contributed by atoms with Crippen molar-refractivity contribution in [2.45, 2.75) is 46.7 Å². The molecule has 0 aliphatic heterocycles. The van der Waals surface area contributed by atoms with Crippen LogP contribution in [0.1, 0.15) is 33.3 Å². The van der Waals surface area contributed by atoms with E-state index in [2.05, 4.69) is 42.6 Å². The second-order valence-electron chi connectivity index (χ2n) is 5.68. The van der Waals surface area contributed by atoms with Crippen molar-refractivity contribution in [2.24, 2.45) is 0 Å². The molecule has 0 fully saturated rings. The Hall–Kier alpha value is -2.10. The molecule has 4 nitrogen and oxygen atoms in total. The smallest absolute Gasteiger partial charge is 0.224 e. The van der Waals surface area contributed by atoms with Gasteiger partial charge in [0, 0.05) is 18.2 Å². The number of aromatic nitrogens is 2. The van der Waals surface area contributed by atoms with Gasteiger partial charge in [-0.2, -0.15) is 0 Å². The number of ether oxygens (including phenoxy) is 1. The minimum atomic E-state index is 0.367. The van der Waals surface area contributed by atoms with Crippen LogP contribution < -0.4 is 9.64 Å². The molecule has 0 N–H and O–H groups in total. The van der Waals surface area contributed by atoms with Gasteiger partial charge in [-0.1, -0.05) is 18.2 Å². The summed E-state index contributed by atoms with van der Waals surface area (Å²) in [5, 5.41) is 0. The molecule has 0 radical (unpaired) electrons. The van der Waals surface area contributed by atoms with Crippen molar-refractivity contribution in [3.8, 4) is 11.6 Å². The van der Waals surface area contributed by atoms with Crippen molar-refractivity contribution in [3.63, 3.8) is 0 Å². The second-order valence-corrected chi connectivity index (χ2v) is 5.68. The summed E-state index contributed by atoms with van der Waals surface area (Å²) < 4.78 is 5.88. The van der Waals surface area contributed by atoms with Gasteiger partial charge in [-0.3, -0.25) is 0 Å². The van der Waals surface area contributed by atoms with Crippen molar-refractivity contribution in [1.82, 2.24) is 9.97 Å². The predicted molar refractivity (Wildman–Crippen MR) is 86.0 cm³/mol. The first kappa shape index (κ1) is 15.3. The number of hydrogen-bond donors (Lipinski definition) is 0. The first-order chi connectivity index (χ1) is 9.99. The van der Waals surface area contributed by atoms with Crippen LogP contribution in [0.25, 0.3) is 0 Å². The van der Waals surface area contributed by atoms with E-state index >= 15 is 0 Å². The maximum atomic E-state index is 5.88. The van der Waals surface area contributed by atoms with Gasteiger partial charge in [-0.05, 0) is 46.2 Å². The topological polar surface area (TPSA) is 38.2 Å². The van der Waals surface area contributed by atoms with Crippen LogP contribution in [0.2, 0.25) is 0 Å². The molecule has 0 aliphatic rings. The third-order valence-electron chi connectivity index (χ3n) is 3.31. The Balaban J connectivity index is 2.27. The quantitative estimate of drug-likeness (QED) is 0.825. The highest BCUT2D eigenvalue weighted by molar-refractivity contribution is 5.44. The summed E-state index contributed by atoms with van der Waals surface area (Å²) in [6.07, 6.45) is 1.56. The number of anilines is 1. The van der Waals surface area contributed by atoms with E-state index in [-0.39, 0.29) is 0 Å².